The van der Waals surface area contributed by atoms with Crippen molar-refractivity contribution in [3.05, 3.63) is 12.5 Å². The van der Waals surface area contributed by atoms with Gasteiger partial charge >= 0.3 is 0 Å². The van der Waals surface area contributed by atoms with E-state index in [1.54, 1.807) is 0 Å². The Kier molecular flexibility index (Phi) is 10.9. The van der Waals surface area contributed by atoms with Crippen LogP contribution >= 0.6 is 11.8 Å². The van der Waals surface area contributed by atoms with Gasteiger partial charge in [-0.05, 0) is 19.3 Å². The molecule has 0 aliphatic heterocycles. The van der Waals surface area contributed by atoms with Crippen LogP contribution in [0.1, 0.15) is 86.0 Å². The van der Waals surface area contributed by atoms with Crippen LogP contribution in [0.5, 0.6) is 0 Å². The van der Waals surface area contributed by atoms with Gasteiger partial charge in [0, 0.05) is 18.0 Å². The molecule has 0 aromatic carbocycles. The molecule has 0 aliphatic carbocycles. The normalized spacial score (nSPS) is 11.4. The summed E-state index contributed by atoms with van der Waals surface area (Å²) in [4.78, 5) is 4.55. The number of unbranched alkanes of at least 4 members (excludes halogenated alkanes) is 3. The minimum absolute atomic E-state index is 0. The van der Waals surface area contributed by atoms with Gasteiger partial charge in [-0.3, -0.25) is 0 Å². The van der Waals surface area contributed by atoms with Crippen molar-refractivity contribution in [2.24, 2.45) is 7.05 Å². The van der Waals surface area contributed by atoms with Gasteiger partial charge in [0.2, 0.25) is 0 Å². The van der Waals surface area contributed by atoms with Gasteiger partial charge in [-0.1, -0.05) is 78.5 Å². The maximum atomic E-state index is 4.55. The fraction of sp³-hybridized carbons (Fsp3) is 0.833. The van der Waals surface area contributed by atoms with Gasteiger partial charge < -0.3 is 4.57 Å². The van der Waals surface area contributed by atoms with Crippen molar-refractivity contribution in [1.82, 2.24) is 9.55 Å². The fourth-order valence-electron chi connectivity index (χ4n) is 2.69. The van der Waals surface area contributed by atoms with Crippen molar-refractivity contribution < 1.29 is 0 Å². The molecule has 0 bridgehead atoms. The number of nitrogens with zero attached hydrogens (tertiary/aromatic N) is 2. The molecule has 0 aliphatic rings. The number of hydrogen-bond donors (Lipinski definition) is 0. The zero-order valence-corrected chi connectivity index (χ0v) is 14.6. The van der Waals surface area contributed by atoms with Gasteiger partial charge in [-0.25, -0.2) is 4.98 Å². The summed E-state index contributed by atoms with van der Waals surface area (Å²) in [6.07, 6.45) is 16.0. The fourth-order valence-corrected chi connectivity index (χ4v) is 4.19. The van der Waals surface area contributed by atoms with E-state index >= 15 is 0 Å². The van der Waals surface area contributed by atoms with E-state index in [1.807, 2.05) is 18.1 Å². The number of imidazole rings is 1. The molecule has 3 heteroatoms. The van der Waals surface area contributed by atoms with Crippen LogP contribution in [-0.4, -0.2) is 14.3 Å². The lowest BCUT2D eigenvalue weighted by Crippen LogP contribution is -2.25. The summed E-state index contributed by atoms with van der Waals surface area (Å²) < 4.78 is 2.48. The SMILES string of the molecule is C.CCCCC(CCCC)(CCCC)Sc1cn(C)cn1. The molecule has 124 valence electrons. The first-order valence-electron chi connectivity index (χ1n) is 8.32. The number of hydrogen-bond acceptors (Lipinski definition) is 2. The van der Waals surface area contributed by atoms with Crippen molar-refractivity contribution in [3.63, 3.8) is 0 Å². The summed E-state index contributed by atoms with van der Waals surface area (Å²) in [6.45, 7) is 6.90. The van der Waals surface area contributed by atoms with Gasteiger partial charge in [0.25, 0.3) is 0 Å². The Balaban J connectivity index is 0.00000400. The molecule has 0 N–H and O–H groups in total. The highest BCUT2D eigenvalue weighted by molar-refractivity contribution is 8.00. The maximum Gasteiger partial charge on any atom is 0.115 e. The van der Waals surface area contributed by atoms with E-state index in [2.05, 4.69) is 43.6 Å². The molecule has 0 spiro atoms. The predicted octanol–water partition coefficient (Wildman–Crippen LogP) is 6.46. The highest BCUT2D eigenvalue weighted by atomic mass is 32.2. The summed E-state index contributed by atoms with van der Waals surface area (Å²) >= 11 is 2.04. The molecule has 0 fully saturated rings. The van der Waals surface area contributed by atoms with Crippen LogP contribution in [0, 0.1) is 0 Å². The van der Waals surface area contributed by atoms with Crippen LogP contribution < -0.4 is 0 Å². The van der Waals surface area contributed by atoms with Gasteiger partial charge in [-0.15, -0.1) is 0 Å². The van der Waals surface area contributed by atoms with Gasteiger partial charge in [-0.2, -0.15) is 0 Å². The highest BCUT2D eigenvalue weighted by Crippen LogP contribution is 2.43. The molecule has 0 unspecified atom stereocenters. The first kappa shape index (κ1) is 20.6. The molecule has 1 heterocycles. The molecule has 0 saturated heterocycles. The Morgan fingerprint density at radius 2 is 1.48 bits per heavy atom. The van der Waals surface area contributed by atoms with E-state index in [0.29, 0.717) is 4.75 Å². The summed E-state index contributed by atoms with van der Waals surface area (Å²) in [6, 6.07) is 0. The smallest absolute Gasteiger partial charge is 0.115 e. The van der Waals surface area contributed by atoms with Crippen LogP contribution in [-0.2, 0) is 7.05 Å². The second-order valence-electron chi connectivity index (χ2n) is 5.97. The maximum absolute atomic E-state index is 4.55. The van der Waals surface area contributed by atoms with Gasteiger partial charge in [0.15, 0.2) is 0 Å². The standard InChI is InChI=1S/C17H32N2S.CH4/c1-5-8-11-17(12-9-6-2,13-10-7-3)20-16-14-19(4)15-18-16;/h14-15H,5-13H2,1-4H3;1H4. The quantitative estimate of drug-likeness (QED) is 0.436. The number of rotatable bonds is 11. The van der Waals surface area contributed by atoms with E-state index in [0.717, 1.165) is 0 Å². The molecule has 0 radical (unpaired) electrons. The predicted molar refractivity (Wildman–Crippen MR) is 97.1 cm³/mol. The van der Waals surface area contributed by atoms with Crippen LogP contribution in [0.2, 0.25) is 0 Å². The van der Waals surface area contributed by atoms with Gasteiger partial charge in [0.05, 0.1) is 6.33 Å². The molecule has 0 amide bonds. The molecule has 1 rings (SSSR count). The van der Waals surface area contributed by atoms with Gasteiger partial charge in [0.1, 0.15) is 5.03 Å². The summed E-state index contributed by atoms with van der Waals surface area (Å²) in [5.41, 5.74) is 0. The monoisotopic (exact) mass is 312 g/mol. The molecule has 1 aromatic rings. The van der Waals surface area contributed by atoms with Crippen LogP contribution in [0.25, 0.3) is 0 Å². The van der Waals surface area contributed by atoms with E-state index in [1.165, 1.54) is 62.8 Å². The number of thioether (sulfide) groups is 1. The summed E-state index contributed by atoms with van der Waals surface area (Å²) in [7, 11) is 2.06. The summed E-state index contributed by atoms with van der Waals surface area (Å²) in [5.74, 6) is 0. The third-order valence-electron chi connectivity index (χ3n) is 3.96. The zero-order chi connectivity index (χ0) is 14.8. The highest BCUT2D eigenvalue weighted by Gasteiger charge is 2.30. The molecule has 1 aromatic heterocycles. The Labute approximate surface area is 137 Å². The average Bonchev–Trinajstić information content (AvgIpc) is 2.85. The molecule has 0 atom stereocenters. The van der Waals surface area contributed by atoms with Crippen LogP contribution in [0.15, 0.2) is 17.6 Å². The molecular formula is C18H36N2S. The lowest BCUT2D eigenvalue weighted by molar-refractivity contribution is 0.424. The molecule has 2 nitrogen and oxygen atoms in total. The van der Waals surface area contributed by atoms with Crippen molar-refractivity contribution in [1.29, 1.82) is 0 Å². The van der Waals surface area contributed by atoms with E-state index < -0.39 is 0 Å². The minimum atomic E-state index is 0. The first-order valence-corrected chi connectivity index (χ1v) is 9.14. The Hall–Kier alpha value is -0.440. The van der Waals surface area contributed by atoms with Crippen molar-refractivity contribution in [3.8, 4) is 0 Å². The van der Waals surface area contributed by atoms with Crippen molar-refractivity contribution in [2.45, 2.75) is 95.8 Å². The largest absolute Gasteiger partial charge is 0.339 e. The molecular weight excluding hydrogens is 276 g/mol. The Bertz CT molecular complexity index is 338. The average molecular weight is 313 g/mol. The number of aromatic nitrogens is 2. The first-order chi connectivity index (χ1) is 9.65. The Morgan fingerprint density at radius 1 is 1.00 bits per heavy atom. The second-order valence-corrected chi connectivity index (χ2v) is 7.46. The zero-order valence-electron chi connectivity index (χ0n) is 13.8. The molecule has 0 saturated carbocycles. The third-order valence-corrected chi connectivity index (χ3v) is 5.43. The minimum Gasteiger partial charge on any atom is -0.339 e. The summed E-state index contributed by atoms with van der Waals surface area (Å²) in [5, 5.41) is 1.20. The van der Waals surface area contributed by atoms with Crippen molar-refractivity contribution in [2.75, 3.05) is 0 Å². The second kappa shape index (κ2) is 11.2. The van der Waals surface area contributed by atoms with E-state index in [-0.39, 0.29) is 7.43 Å². The van der Waals surface area contributed by atoms with E-state index in [4.69, 9.17) is 0 Å². The number of aryl methyl sites for hydroxylation is 1. The lowest BCUT2D eigenvalue weighted by Gasteiger charge is -2.33. The van der Waals surface area contributed by atoms with Crippen molar-refractivity contribution >= 4 is 11.8 Å². The molecule has 21 heavy (non-hydrogen) atoms. The Morgan fingerprint density at radius 3 is 1.81 bits per heavy atom. The van der Waals surface area contributed by atoms with Crippen LogP contribution in [0.3, 0.4) is 0 Å². The lowest BCUT2D eigenvalue weighted by atomic mass is 9.90. The van der Waals surface area contributed by atoms with Crippen LogP contribution in [0.4, 0.5) is 0 Å². The van der Waals surface area contributed by atoms with E-state index in [9.17, 15) is 0 Å². The topological polar surface area (TPSA) is 17.8 Å². The third kappa shape index (κ3) is 7.39.